The molecule has 0 spiro atoms. The average molecular weight is 359 g/mol. The summed E-state index contributed by atoms with van der Waals surface area (Å²) in [6.07, 6.45) is 0.731. The Morgan fingerprint density at radius 3 is 2.81 bits per heavy atom. The Morgan fingerprint density at radius 1 is 1.31 bits per heavy atom. The largest absolute Gasteiger partial charge is 0.461 e. The van der Waals surface area contributed by atoms with E-state index in [1.54, 1.807) is 0 Å². The van der Waals surface area contributed by atoms with Crippen molar-refractivity contribution in [2.24, 2.45) is 11.8 Å². The Labute approximate surface area is 151 Å². The second-order valence-corrected chi connectivity index (χ2v) is 6.95. The maximum atomic E-state index is 12.6. The minimum Gasteiger partial charge on any atom is -0.461 e. The zero-order chi connectivity index (χ0) is 18.3. The third kappa shape index (κ3) is 2.82. The van der Waals surface area contributed by atoms with Crippen LogP contribution in [-0.2, 0) is 30.3 Å². The van der Waals surface area contributed by atoms with E-state index in [9.17, 15) is 9.59 Å². The molecule has 26 heavy (non-hydrogen) atoms. The molecule has 0 radical (unpaired) electrons. The third-order valence-electron chi connectivity index (χ3n) is 5.44. The molecule has 0 aromatic heterocycles. The van der Waals surface area contributed by atoms with E-state index in [2.05, 4.69) is 5.32 Å². The molecule has 1 aromatic rings. The molecule has 7 heteroatoms. The zero-order valence-electron chi connectivity index (χ0n) is 14.6. The highest BCUT2D eigenvalue weighted by Gasteiger charge is 2.71. The lowest BCUT2D eigenvalue weighted by atomic mass is 9.82. The lowest BCUT2D eigenvalue weighted by molar-refractivity contribution is -0.152. The van der Waals surface area contributed by atoms with Crippen molar-refractivity contribution in [1.29, 1.82) is 0 Å². The van der Waals surface area contributed by atoms with Crippen molar-refractivity contribution in [2.75, 3.05) is 7.05 Å². The van der Waals surface area contributed by atoms with E-state index in [-0.39, 0.29) is 24.5 Å². The molecule has 3 aliphatic rings. The van der Waals surface area contributed by atoms with Crippen LogP contribution in [0.5, 0.6) is 0 Å². The van der Waals surface area contributed by atoms with Crippen LogP contribution in [0.15, 0.2) is 42.2 Å². The van der Waals surface area contributed by atoms with Crippen molar-refractivity contribution >= 4 is 12.1 Å². The van der Waals surface area contributed by atoms with E-state index in [1.807, 2.05) is 37.3 Å². The van der Waals surface area contributed by atoms with Crippen molar-refractivity contribution in [2.45, 2.75) is 37.9 Å². The number of benzene rings is 1. The zero-order valence-corrected chi connectivity index (χ0v) is 14.6. The fourth-order valence-corrected chi connectivity index (χ4v) is 3.99. The Bertz CT molecular complexity index is 748. The van der Waals surface area contributed by atoms with Crippen LogP contribution in [0.1, 0.15) is 18.9 Å². The first-order valence-corrected chi connectivity index (χ1v) is 8.65. The monoisotopic (exact) mass is 359 g/mol. The Morgan fingerprint density at radius 2 is 2.08 bits per heavy atom. The van der Waals surface area contributed by atoms with Crippen LogP contribution in [0, 0.1) is 11.8 Å². The van der Waals surface area contributed by atoms with Gasteiger partial charge in [0.2, 0.25) is 0 Å². The molecule has 0 bridgehead atoms. The van der Waals surface area contributed by atoms with Crippen molar-refractivity contribution in [1.82, 2.24) is 5.32 Å². The highest BCUT2D eigenvalue weighted by atomic mass is 16.7. The summed E-state index contributed by atoms with van der Waals surface area (Å²) < 4.78 is 22.1. The SMILES string of the molecule is CNC(=O)OC1OC=C(C(=O)OCc2ccccc2)C2CC3OC3(C)C12. The number of esters is 1. The van der Waals surface area contributed by atoms with Crippen LogP contribution in [0.3, 0.4) is 0 Å². The molecule has 7 nitrogen and oxygen atoms in total. The predicted molar refractivity (Wildman–Crippen MR) is 89.6 cm³/mol. The summed E-state index contributed by atoms with van der Waals surface area (Å²) in [6.45, 7) is 2.16. The molecule has 1 saturated heterocycles. The van der Waals surface area contributed by atoms with Gasteiger partial charge in [0.25, 0.3) is 6.29 Å². The smallest absolute Gasteiger partial charge is 0.409 e. The van der Waals surface area contributed by atoms with E-state index in [1.165, 1.54) is 13.3 Å². The van der Waals surface area contributed by atoms with Crippen molar-refractivity contribution in [3.8, 4) is 0 Å². The quantitative estimate of drug-likeness (QED) is 0.655. The molecule has 1 saturated carbocycles. The van der Waals surface area contributed by atoms with Gasteiger partial charge in [0.1, 0.15) is 12.2 Å². The summed E-state index contributed by atoms with van der Waals surface area (Å²) in [6, 6.07) is 9.49. The van der Waals surface area contributed by atoms with Crippen LogP contribution in [0.25, 0.3) is 0 Å². The normalized spacial score (nSPS) is 33.8. The summed E-state index contributed by atoms with van der Waals surface area (Å²) in [5, 5.41) is 2.41. The molecule has 138 valence electrons. The summed E-state index contributed by atoms with van der Waals surface area (Å²) in [5.41, 5.74) is 0.947. The second kappa shape index (κ2) is 6.32. The molecule has 2 fully saturated rings. The molecule has 1 N–H and O–H groups in total. The second-order valence-electron chi connectivity index (χ2n) is 6.95. The number of alkyl carbamates (subject to hydrolysis) is 1. The summed E-state index contributed by atoms with van der Waals surface area (Å²) in [5.74, 6) is -0.772. The van der Waals surface area contributed by atoms with Gasteiger partial charge in [0.15, 0.2) is 0 Å². The van der Waals surface area contributed by atoms with Crippen molar-refractivity contribution < 1.29 is 28.5 Å². The number of carbonyl (C=O) groups is 2. The van der Waals surface area contributed by atoms with Crippen molar-refractivity contribution in [3.05, 3.63) is 47.7 Å². The van der Waals surface area contributed by atoms with Crippen LogP contribution in [0.4, 0.5) is 4.79 Å². The average Bonchev–Trinajstić information content (AvgIpc) is 3.21. The number of epoxide rings is 1. The minimum absolute atomic E-state index is 0.0420. The van der Waals surface area contributed by atoms with Gasteiger partial charge in [-0.25, -0.2) is 9.59 Å². The van der Waals surface area contributed by atoms with Crippen LogP contribution < -0.4 is 5.32 Å². The van der Waals surface area contributed by atoms with Gasteiger partial charge in [-0.1, -0.05) is 30.3 Å². The summed E-state index contributed by atoms with van der Waals surface area (Å²) >= 11 is 0. The number of carbonyl (C=O) groups excluding carboxylic acids is 2. The van der Waals surface area contributed by atoms with Crippen LogP contribution in [-0.4, -0.2) is 37.1 Å². The number of ether oxygens (including phenoxy) is 4. The van der Waals surface area contributed by atoms with Gasteiger partial charge in [0, 0.05) is 13.0 Å². The number of hydrogen-bond donors (Lipinski definition) is 1. The number of amides is 1. The first-order chi connectivity index (χ1) is 12.5. The fourth-order valence-electron chi connectivity index (χ4n) is 3.99. The lowest BCUT2D eigenvalue weighted by Crippen LogP contribution is -2.44. The topological polar surface area (TPSA) is 86.4 Å². The molecule has 2 heterocycles. The first kappa shape index (κ1) is 16.9. The van der Waals surface area contributed by atoms with E-state index in [0.717, 1.165) is 5.56 Å². The summed E-state index contributed by atoms with van der Waals surface area (Å²) in [4.78, 5) is 24.2. The third-order valence-corrected chi connectivity index (χ3v) is 5.44. The molecule has 4 rings (SSSR count). The van der Waals surface area contributed by atoms with Gasteiger partial charge < -0.3 is 24.3 Å². The Balaban J connectivity index is 1.49. The lowest BCUT2D eigenvalue weighted by Gasteiger charge is -2.35. The van der Waals surface area contributed by atoms with E-state index in [0.29, 0.717) is 12.0 Å². The molecular formula is C19H21NO6. The van der Waals surface area contributed by atoms with Gasteiger partial charge in [-0.2, -0.15) is 0 Å². The summed E-state index contributed by atoms with van der Waals surface area (Å²) in [7, 11) is 1.48. The van der Waals surface area contributed by atoms with Gasteiger partial charge >= 0.3 is 12.1 Å². The maximum absolute atomic E-state index is 12.6. The molecular weight excluding hydrogens is 338 g/mol. The number of nitrogens with one attached hydrogen (secondary N) is 1. The first-order valence-electron chi connectivity index (χ1n) is 8.65. The molecule has 1 aliphatic carbocycles. The fraction of sp³-hybridized carbons (Fsp3) is 0.474. The molecule has 1 amide bonds. The van der Waals surface area contributed by atoms with Crippen LogP contribution >= 0.6 is 0 Å². The molecule has 5 unspecified atom stereocenters. The predicted octanol–water partition coefficient (Wildman–Crippen LogP) is 2.12. The molecule has 1 aromatic carbocycles. The molecule has 2 aliphatic heterocycles. The number of rotatable bonds is 4. The van der Waals surface area contributed by atoms with Gasteiger partial charge in [-0.15, -0.1) is 0 Å². The van der Waals surface area contributed by atoms with Crippen molar-refractivity contribution in [3.63, 3.8) is 0 Å². The Kier molecular flexibility index (Phi) is 4.11. The van der Waals surface area contributed by atoms with E-state index < -0.39 is 24.0 Å². The highest BCUT2D eigenvalue weighted by molar-refractivity contribution is 5.89. The Hall–Kier alpha value is -2.54. The van der Waals surface area contributed by atoms with Gasteiger partial charge in [0.05, 0.1) is 23.9 Å². The minimum atomic E-state index is -0.789. The molecule has 5 atom stereocenters. The maximum Gasteiger partial charge on any atom is 0.409 e. The number of hydrogen-bond acceptors (Lipinski definition) is 6. The van der Waals surface area contributed by atoms with Gasteiger partial charge in [-0.05, 0) is 18.9 Å². The van der Waals surface area contributed by atoms with E-state index in [4.69, 9.17) is 18.9 Å². The van der Waals surface area contributed by atoms with Gasteiger partial charge in [-0.3, -0.25) is 0 Å². The highest BCUT2D eigenvalue weighted by Crippen LogP contribution is 2.61. The van der Waals surface area contributed by atoms with E-state index >= 15 is 0 Å². The standard InChI is InChI=1S/C19H21NO6/c1-19-14(26-19)8-12-13(10-24-17(15(12)19)25-18(22)20-2)16(21)23-9-11-6-4-3-5-7-11/h3-7,10,12,14-15,17H,8-9H2,1-2H3,(H,20,22). The van der Waals surface area contributed by atoms with Crippen LogP contribution in [0.2, 0.25) is 0 Å². The number of fused-ring (bicyclic) bond motifs is 3.